The summed E-state index contributed by atoms with van der Waals surface area (Å²) in [5.41, 5.74) is 0.998. The van der Waals surface area contributed by atoms with E-state index in [2.05, 4.69) is 17.3 Å². The minimum Gasteiger partial charge on any atom is -0.363 e. The average molecular weight is 275 g/mol. The Morgan fingerprint density at radius 1 is 1.59 bits per heavy atom. The van der Waals surface area contributed by atoms with Crippen molar-refractivity contribution in [2.75, 3.05) is 13.6 Å². The number of thiocarbonyl (C=S) groups is 1. The fourth-order valence-electron chi connectivity index (χ4n) is 1.48. The molecular weight excluding hydrogens is 256 g/mol. The second-order valence-electron chi connectivity index (χ2n) is 3.84. The highest BCUT2D eigenvalue weighted by atomic mass is 35.5. The van der Waals surface area contributed by atoms with E-state index in [0.29, 0.717) is 11.6 Å². The van der Waals surface area contributed by atoms with E-state index in [1.54, 1.807) is 6.20 Å². The standard InChI is InChI=1S/C11H19ClN4S/c1-4-6-13-11(17)15(3)8-10-9(12)7-14-16(10)5-2/h7H,4-6,8H2,1-3H3,(H,13,17). The van der Waals surface area contributed by atoms with Crippen LogP contribution >= 0.6 is 23.8 Å². The number of nitrogens with zero attached hydrogens (tertiary/aromatic N) is 3. The van der Waals surface area contributed by atoms with Crippen molar-refractivity contribution in [1.29, 1.82) is 0 Å². The van der Waals surface area contributed by atoms with Crippen molar-refractivity contribution in [3.05, 3.63) is 16.9 Å². The van der Waals surface area contributed by atoms with Crippen LogP contribution in [0.2, 0.25) is 5.02 Å². The van der Waals surface area contributed by atoms with Crippen molar-refractivity contribution < 1.29 is 0 Å². The summed E-state index contributed by atoms with van der Waals surface area (Å²) in [6.07, 6.45) is 2.73. The quantitative estimate of drug-likeness (QED) is 0.835. The Kier molecular flexibility index (Phi) is 5.71. The van der Waals surface area contributed by atoms with Gasteiger partial charge in [0, 0.05) is 20.1 Å². The summed E-state index contributed by atoms with van der Waals surface area (Å²) in [5.74, 6) is 0. The van der Waals surface area contributed by atoms with Crippen molar-refractivity contribution in [1.82, 2.24) is 20.0 Å². The van der Waals surface area contributed by atoms with Crippen molar-refractivity contribution in [2.24, 2.45) is 0 Å². The van der Waals surface area contributed by atoms with Gasteiger partial charge in [0.05, 0.1) is 23.5 Å². The Labute approximate surface area is 113 Å². The maximum Gasteiger partial charge on any atom is 0.169 e. The third-order valence-corrected chi connectivity index (χ3v) is 3.23. The van der Waals surface area contributed by atoms with Gasteiger partial charge in [-0.3, -0.25) is 4.68 Å². The van der Waals surface area contributed by atoms with Gasteiger partial charge in [-0.2, -0.15) is 5.10 Å². The van der Waals surface area contributed by atoms with Crippen molar-refractivity contribution in [3.63, 3.8) is 0 Å². The molecule has 0 aliphatic rings. The lowest BCUT2D eigenvalue weighted by molar-refractivity contribution is 0.457. The number of aryl methyl sites for hydroxylation is 1. The predicted molar refractivity (Wildman–Crippen MR) is 75.3 cm³/mol. The van der Waals surface area contributed by atoms with Gasteiger partial charge in [0.25, 0.3) is 0 Å². The van der Waals surface area contributed by atoms with Crippen LogP contribution in [0.5, 0.6) is 0 Å². The monoisotopic (exact) mass is 274 g/mol. The molecule has 0 aliphatic carbocycles. The zero-order valence-electron chi connectivity index (χ0n) is 10.5. The van der Waals surface area contributed by atoms with Gasteiger partial charge in [0.2, 0.25) is 0 Å². The molecule has 1 rings (SSSR count). The molecule has 0 spiro atoms. The molecule has 1 N–H and O–H groups in total. The number of hydrogen-bond donors (Lipinski definition) is 1. The molecule has 0 amide bonds. The van der Waals surface area contributed by atoms with E-state index in [1.807, 2.05) is 23.6 Å². The van der Waals surface area contributed by atoms with Gasteiger partial charge in [-0.25, -0.2) is 0 Å². The Bertz CT molecular complexity index is 378. The molecule has 0 atom stereocenters. The molecule has 0 saturated heterocycles. The van der Waals surface area contributed by atoms with Crippen LogP contribution in [0.4, 0.5) is 0 Å². The molecule has 1 aromatic heterocycles. The molecule has 6 heteroatoms. The first-order valence-corrected chi connectivity index (χ1v) is 6.57. The van der Waals surface area contributed by atoms with Gasteiger partial charge in [-0.1, -0.05) is 18.5 Å². The van der Waals surface area contributed by atoms with Crippen molar-refractivity contribution >= 4 is 28.9 Å². The lowest BCUT2D eigenvalue weighted by Gasteiger charge is -2.21. The zero-order valence-corrected chi connectivity index (χ0v) is 12.1. The summed E-state index contributed by atoms with van der Waals surface area (Å²) in [5, 5.41) is 8.82. The third kappa shape index (κ3) is 3.85. The minimum atomic E-state index is 0.669. The van der Waals surface area contributed by atoms with Crippen LogP contribution in [-0.4, -0.2) is 33.4 Å². The summed E-state index contributed by atoms with van der Waals surface area (Å²) in [4.78, 5) is 1.97. The summed E-state index contributed by atoms with van der Waals surface area (Å²) < 4.78 is 1.89. The van der Waals surface area contributed by atoms with Gasteiger partial charge in [-0.15, -0.1) is 0 Å². The van der Waals surface area contributed by atoms with Gasteiger partial charge in [-0.05, 0) is 25.6 Å². The minimum absolute atomic E-state index is 0.669. The molecule has 17 heavy (non-hydrogen) atoms. The van der Waals surface area contributed by atoms with Gasteiger partial charge in [0.15, 0.2) is 5.11 Å². The fourth-order valence-corrected chi connectivity index (χ4v) is 1.85. The molecule has 96 valence electrons. The number of hydrogen-bond acceptors (Lipinski definition) is 2. The van der Waals surface area contributed by atoms with Gasteiger partial charge < -0.3 is 10.2 Å². The molecule has 1 aromatic rings. The molecule has 0 bridgehead atoms. The topological polar surface area (TPSA) is 33.1 Å². The lowest BCUT2D eigenvalue weighted by atomic mass is 10.4. The van der Waals surface area contributed by atoms with Gasteiger partial charge in [0.1, 0.15) is 0 Å². The second-order valence-corrected chi connectivity index (χ2v) is 4.64. The Morgan fingerprint density at radius 3 is 2.88 bits per heavy atom. The smallest absolute Gasteiger partial charge is 0.169 e. The van der Waals surface area contributed by atoms with E-state index < -0.39 is 0 Å². The first-order valence-electron chi connectivity index (χ1n) is 5.79. The van der Waals surface area contributed by atoms with E-state index in [1.165, 1.54) is 0 Å². The maximum absolute atomic E-state index is 6.10. The second kappa shape index (κ2) is 6.81. The van der Waals surface area contributed by atoms with E-state index >= 15 is 0 Å². The lowest BCUT2D eigenvalue weighted by Crippen LogP contribution is -2.37. The van der Waals surface area contributed by atoms with E-state index in [0.717, 1.165) is 30.3 Å². The SMILES string of the molecule is CCCNC(=S)N(C)Cc1c(Cl)cnn1CC. The number of rotatable bonds is 5. The summed E-state index contributed by atoms with van der Waals surface area (Å²) in [7, 11) is 1.95. The Hall–Kier alpha value is -0.810. The summed E-state index contributed by atoms with van der Waals surface area (Å²) in [6, 6.07) is 0. The number of aromatic nitrogens is 2. The first kappa shape index (κ1) is 14.3. The number of halogens is 1. The maximum atomic E-state index is 6.10. The molecule has 0 aromatic carbocycles. The van der Waals surface area contributed by atoms with Crippen molar-refractivity contribution in [2.45, 2.75) is 33.4 Å². The van der Waals surface area contributed by atoms with Crippen LogP contribution in [0.15, 0.2) is 6.20 Å². The molecule has 0 saturated carbocycles. The van der Waals surface area contributed by atoms with Crippen molar-refractivity contribution in [3.8, 4) is 0 Å². The van der Waals surface area contributed by atoms with Crippen LogP contribution in [0.1, 0.15) is 26.0 Å². The largest absolute Gasteiger partial charge is 0.363 e. The molecule has 0 radical (unpaired) electrons. The van der Waals surface area contributed by atoms with E-state index in [-0.39, 0.29) is 0 Å². The van der Waals surface area contributed by atoms with Crippen LogP contribution in [0.3, 0.4) is 0 Å². The molecule has 0 aliphatic heterocycles. The zero-order chi connectivity index (χ0) is 12.8. The predicted octanol–water partition coefficient (Wildman–Crippen LogP) is 2.27. The highest BCUT2D eigenvalue weighted by molar-refractivity contribution is 7.80. The van der Waals surface area contributed by atoms with E-state index in [9.17, 15) is 0 Å². The molecule has 1 heterocycles. The van der Waals surface area contributed by atoms with Crippen LogP contribution in [-0.2, 0) is 13.1 Å². The molecule has 0 fully saturated rings. The Morgan fingerprint density at radius 2 is 2.29 bits per heavy atom. The fraction of sp³-hybridized carbons (Fsp3) is 0.636. The Balaban J connectivity index is 2.63. The van der Waals surface area contributed by atoms with Crippen LogP contribution in [0.25, 0.3) is 0 Å². The normalized spacial score (nSPS) is 10.4. The highest BCUT2D eigenvalue weighted by Gasteiger charge is 2.12. The molecule has 0 unspecified atom stereocenters. The molecular formula is C11H19ClN4S. The van der Waals surface area contributed by atoms with E-state index in [4.69, 9.17) is 23.8 Å². The third-order valence-electron chi connectivity index (χ3n) is 2.46. The first-order chi connectivity index (χ1) is 8.10. The molecule has 4 nitrogen and oxygen atoms in total. The summed E-state index contributed by atoms with van der Waals surface area (Å²) >= 11 is 11.4. The highest BCUT2D eigenvalue weighted by Crippen LogP contribution is 2.16. The van der Waals surface area contributed by atoms with Crippen LogP contribution < -0.4 is 5.32 Å². The van der Waals surface area contributed by atoms with Crippen LogP contribution in [0, 0.1) is 0 Å². The average Bonchev–Trinajstić information content (AvgIpc) is 2.67. The number of nitrogens with one attached hydrogen (secondary N) is 1. The van der Waals surface area contributed by atoms with Gasteiger partial charge >= 0.3 is 0 Å². The summed E-state index contributed by atoms with van der Waals surface area (Å²) in [6.45, 7) is 6.52.